The number of rotatable bonds is 0. The summed E-state index contributed by atoms with van der Waals surface area (Å²) in [5.41, 5.74) is 1.64. The molecule has 0 aliphatic heterocycles. The average Bonchev–Trinajstić information content (AvgIpc) is 2.33. The molecule has 4 heteroatoms. The topological polar surface area (TPSA) is 50.2 Å². The fourth-order valence-corrected chi connectivity index (χ4v) is 1.01. The zero-order valence-electron chi connectivity index (χ0n) is 6.03. The highest BCUT2D eigenvalue weighted by molar-refractivity contribution is 5.44. The summed E-state index contributed by atoms with van der Waals surface area (Å²) in [4.78, 5) is 13.5. The highest BCUT2D eigenvalue weighted by Gasteiger charge is 1.97. The predicted octanol–water partition coefficient (Wildman–Crippen LogP) is 0.331. The van der Waals surface area contributed by atoms with E-state index in [1.54, 1.807) is 16.9 Å². The van der Waals surface area contributed by atoms with Crippen LogP contribution in [0.5, 0.6) is 0 Å². The summed E-state index contributed by atoms with van der Waals surface area (Å²) in [6.07, 6.45) is 3.35. The maximum Gasteiger partial charge on any atom is 0.251 e. The van der Waals surface area contributed by atoms with Crippen molar-refractivity contribution in [2.75, 3.05) is 0 Å². The second-order valence-corrected chi connectivity index (χ2v) is 2.43. The van der Waals surface area contributed by atoms with Crippen LogP contribution < -0.4 is 5.56 Å². The lowest BCUT2D eigenvalue weighted by atomic mass is 10.4. The van der Waals surface area contributed by atoms with Crippen molar-refractivity contribution >= 4 is 5.65 Å². The molecule has 0 fully saturated rings. The van der Waals surface area contributed by atoms with Gasteiger partial charge in [-0.25, -0.2) is 4.52 Å². The lowest BCUT2D eigenvalue weighted by molar-refractivity contribution is 0.931. The van der Waals surface area contributed by atoms with Crippen LogP contribution in [-0.4, -0.2) is 14.6 Å². The van der Waals surface area contributed by atoms with Crippen molar-refractivity contribution in [1.82, 2.24) is 14.6 Å². The van der Waals surface area contributed by atoms with E-state index < -0.39 is 0 Å². The van der Waals surface area contributed by atoms with Crippen molar-refractivity contribution in [3.8, 4) is 0 Å². The quantitative estimate of drug-likeness (QED) is 0.586. The molecule has 1 N–H and O–H groups in total. The number of fused-ring (bicyclic) bond motifs is 1. The van der Waals surface area contributed by atoms with E-state index in [4.69, 9.17) is 0 Å². The molecule has 0 saturated heterocycles. The molecule has 11 heavy (non-hydrogen) atoms. The van der Waals surface area contributed by atoms with Crippen molar-refractivity contribution in [2.45, 2.75) is 6.92 Å². The van der Waals surface area contributed by atoms with E-state index >= 15 is 0 Å². The van der Waals surface area contributed by atoms with Gasteiger partial charge in [-0.05, 0) is 6.92 Å². The number of hydrogen-bond donors (Lipinski definition) is 1. The van der Waals surface area contributed by atoms with Crippen LogP contribution in [0, 0.1) is 6.92 Å². The van der Waals surface area contributed by atoms with Crippen molar-refractivity contribution in [1.29, 1.82) is 0 Å². The molecule has 0 spiro atoms. The molecule has 56 valence electrons. The summed E-state index contributed by atoms with van der Waals surface area (Å²) in [6.45, 7) is 1.90. The third kappa shape index (κ3) is 0.832. The number of aryl methyl sites for hydroxylation is 1. The lowest BCUT2D eigenvalue weighted by Crippen LogP contribution is -2.05. The van der Waals surface area contributed by atoms with Crippen LogP contribution in [0.3, 0.4) is 0 Å². The zero-order valence-corrected chi connectivity index (χ0v) is 6.03. The van der Waals surface area contributed by atoms with Gasteiger partial charge in [0.25, 0.3) is 5.56 Å². The van der Waals surface area contributed by atoms with Gasteiger partial charge in [-0.1, -0.05) is 0 Å². The summed E-state index contributed by atoms with van der Waals surface area (Å²) < 4.78 is 1.64. The minimum absolute atomic E-state index is 0.0962. The fraction of sp³-hybridized carbons (Fsp3) is 0.143. The van der Waals surface area contributed by atoms with E-state index in [9.17, 15) is 4.79 Å². The smallest absolute Gasteiger partial charge is 0.251 e. The Balaban J connectivity index is 2.98. The molecule has 4 nitrogen and oxygen atoms in total. The maximum absolute atomic E-state index is 10.8. The Labute approximate surface area is 62.5 Å². The van der Waals surface area contributed by atoms with Crippen LogP contribution in [0.25, 0.3) is 5.65 Å². The average molecular weight is 149 g/mol. The summed E-state index contributed by atoms with van der Waals surface area (Å²) in [7, 11) is 0. The molecule has 0 aliphatic rings. The standard InChI is InChI=1S/C7H7N3O/c1-5-4-8-10-3-2-6(11)9-7(5)10/h2-4H,1H3,(H,9,11). The van der Waals surface area contributed by atoms with Crippen LogP contribution in [0.15, 0.2) is 23.3 Å². The Hall–Kier alpha value is -1.58. The normalized spacial score (nSPS) is 10.6. The molecule has 0 aliphatic carbocycles. The molecule has 0 atom stereocenters. The van der Waals surface area contributed by atoms with Gasteiger partial charge in [0.05, 0.1) is 6.20 Å². The minimum atomic E-state index is -0.0962. The molecule has 0 saturated carbocycles. The predicted molar refractivity (Wildman–Crippen MR) is 40.5 cm³/mol. The van der Waals surface area contributed by atoms with Gasteiger partial charge in [0, 0.05) is 17.8 Å². The SMILES string of the molecule is Cc1cnn2ccc(=O)[nH]c12. The molecular weight excluding hydrogens is 142 g/mol. The van der Waals surface area contributed by atoms with Crippen LogP contribution in [0.4, 0.5) is 0 Å². The van der Waals surface area contributed by atoms with Crippen molar-refractivity contribution < 1.29 is 0 Å². The first-order valence-corrected chi connectivity index (χ1v) is 3.30. The summed E-state index contributed by atoms with van der Waals surface area (Å²) >= 11 is 0. The number of nitrogens with zero attached hydrogens (tertiary/aromatic N) is 2. The number of hydrogen-bond acceptors (Lipinski definition) is 2. The summed E-state index contributed by atoms with van der Waals surface area (Å²) in [5.74, 6) is 0. The highest BCUT2D eigenvalue weighted by Crippen LogP contribution is 2.01. The van der Waals surface area contributed by atoms with Gasteiger partial charge < -0.3 is 4.98 Å². The molecule has 2 aromatic rings. The van der Waals surface area contributed by atoms with Crippen molar-refractivity contribution in [3.05, 3.63) is 34.4 Å². The molecular formula is C7H7N3O. The van der Waals surface area contributed by atoms with Crippen LogP contribution in [0.1, 0.15) is 5.56 Å². The van der Waals surface area contributed by atoms with Gasteiger partial charge >= 0.3 is 0 Å². The highest BCUT2D eigenvalue weighted by atomic mass is 16.1. The van der Waals surface area contributed by atoms with E-state index in [2.05, 4.69) is 10.1 Å². The van der Waals surface area contributed by atoms with Gasteiger partial charge in [-0.3, -0.25) is 4.79 Å². The van der Waals surface area contributed by atoms with Crippen LogP contribution >= 0.6 is 0 Å². The molecule has 2 aromatic heterocycles. The molecule has 0 amide bonds. The molecule has 0 bridgehead atoms. The van der Waals surface area contributed by atoms with Crippen LogP contribution in [-0.2, 0) is 0 Å². The van der Waals surface area contributed by atoms with E-state index in [0.717, 1.165) is 11.2 Å². The summed E-state index contributed by atoms with van der Waals surface area (Å²) in [5, 5.41) is 4.01. The van der Waals surface area contributed by atoms with Gasteiger partial charge in [0.1, 0.15) is 5.65 Å². The molecule has 2 rings (SSSR count). The van der Waals surface area contributed by atoms with Crippen molar-refractivity contribution in [3.63, 3.8) is 0 Å². The first kappa shape index (κ1) is 6.15. The Morgan fingerprint density at radius 3 is 3.27 bits per heavy atom. The minimum Gasteiger partial charge on any atom is -0.307 e. The first-order chi connectivity index (χ1) is 5.27. The number of aromatic amines is 1. The van der Waals surface area contributed by atoms with Gasteiger partial charge in [0.15, 0.2) is 0 Å². The van der Waals surface area contributed by atoms with Crippen molar-refractivity contribution in [2.24, 2.45) is 0 Å². The molecule has 0 radical (unpaired) electrons. The Morgan fingerprint density at radius 2 is 2.45 bits per heavy atom. The Kier molecular flexibility index (Phi) is 1.09. The first-order valence-electron chi connectivity index (χ1n) is 3.30. The Morgan fingerprint density at radius 1 is 1.64 bits per heavy atom. The van der Waals surface area contributed by atoms with Gasteiger partial charge in [0.2, 0.25) is 0 Å². The zero-order chi connectivity index (χ0) is 7.84. The lowest BCUT2D eigenvalue weighted by Gasteiger charge is -1.90. The number of nitrogens with one attached hydrogen (secondary N) is 1. The van der Waals surface area contributed by atoms with E-state index in [1.807, 2.05) is 6.92 Å². The number of aromatic nitrogens is 3. The van der Waals surface area contributed by atoms with E-state index in [0.29, 0.717) is 0 Å². The monoisotopic (exact) mass is 149 g/mol. The molecule has 0 aromatic carbocycles. The second kappa shape index (κ2) is 1.95. The largest absolute Gasteiger partial charge is 0.307 e. The third-order valence-corrected chi connectivity index (χ3v) is 1.59. The van der Waals surface area contributed by atoms with E-state index in [-0.39, 0.29) is 5.56 Å². The number of H-pyrrole nitrogens is 1. The van der Waals surface area contributed by atoms with E-state index in [1.165, 1.54) is 6.07 Å². The third-order valence-electron chi connectivity index (χ3n) is 1.59. The summed E-state index contributed by atoms with van der Waals surface area (Å²) in [6, 6.07) is 1.44. The van der Waals surface area contributed by atoms with Gasteiger partial charge in [-0.2, -0.15) is 5.10 Å². The van der Waals surface area contributed by atoms with Crippen LogP contribution in [0.2, 0.25) is 0 Å². The maximum atomic E-state index is 10.8. The van der Waals surface area contributed by atoms with Gasteiger partial charge in [-0.15, -0.1) is 0 Å². The molecule has 0 unspecified atom stereocenters. The Bertz CT molecular complexity index is 440. The second-order valence-electron chi connectivity index (χ2n) is 2.43. The fourth-order valence-electron chi connectivity index (χ4n) is 1.01. The molecule has 2 heterocycles.